The first-order chi connectivity index (χ1) is 8.80. The van der Waals surface area contributed by atoms with Crippen molar-refractivity contribution in [2.75, 3.05) is 0 Å². The largest absolute Gasteiger partial charge is 0.294 e. The fourth-order valence-corrected chi connectivity index (χ4v) is 3.91. The summed E-state index contributed by atoms with van der Waals surface area (Å²) < 4.78 is 0. The molecule has 0 aliphatic heterocycles. The number of hydrogen-bond acceptors (Lipinski definition) is 2. The van der Waals surface area contributed by atoms with Gasteiger partial charge < -0.3 is 0 Å². The van der Waals surface area contributed by atoms with Gasteiger partial charge in [0.15, 0.2) is 5.78 Å². The molecule has 0 fully saturated rings. The highest BCUT2D eigenvalue weighted by molar-refractivity contribution is 8.04. The summed E-state index contributed by atoms with van der Waals surface area (Å²) in [7, 11) is 0. The van der Waals surface area contributed by atoms with Crippen molar-refractivity contribution >= 4 is 17.5 Å². The van der Waals surface area contributed by atoms with Crippen molar-refractivity contribution in [3.8, 4) is 0 Å². The van der Waals surface area contributed by atoms with Gasteiger partial charge in [-0.25, -0.2) is 0 Å². The van der Waals surface area contributed by atoms with Crippen LogP contribution in [0.3, 0.4) is 0 Å². The molecule has 0 heterocycles. The lowest BCUT2D eigenvalue weighted by molar-refractivity contribution is -0.117. The smallest absolute Gasteiger partial charge is 0.170 e. The second-order valence-electron chi connectivity index (χ2n) is 6.37. The summed E-state index contributed by atoms with van der Waals surface area (Å²) >= 11 is 1.66. The first-order valence-electron chi connectivity index (χ1n) is 6.77. The molecule has 2 heteroatoms. The summed E-state index contributed by atoms with van der Waals surface area (Å²) in [6.45, 7) is 10.7. The Labute approximate surface area is 120 Å². The van der Waals surface area contributed by atoms with Gasteiger partial charge in [0, 0.05) is 11.3 Å². The Morgan fingerprint density at radius 1 is 1.05 bits per heavy atom. The van der Waals surface area contributed by atoms with Crippen molar-refractivity contribution in [2.24, 2.45) is 5.41 Å². The SMILES string of the molecule is CC1=C(Sc2c(C)cccc2C)C(=O)CC(C)(C)C1. The normalized spacial score (nSPS) is 18.9. The molecule has 1 aliphatic rings. The molecule has 1 aliphatic carbocycles. The highest BCUT2D eigenvalue weighted by Crippen LogP contribution is 2.43. The van der Waals surface area contributed by atoms with Crippen LogP contribution in [-0.2, 0) is 4.79 Å². The van der Waals surface area contributed by atoms with E-state index in [4.69, 9.17) is 0 Å². The summed E-state index contributed by atoms with van der Waals surface area (Å²) in [4.78, 5) is 14.6. The molecule has 0 radical (unpaired) electrons. The predicted octanol–water partition coefficient (Wildman–Crippen LogP) is 5.06. The predicted molar refractivity (Wildman–Crippen MR) is 82.5 cm³/mol. The molecule has 19 heavy (non-hydrogen) atoms. The second kappa shape index (κ2) is 5.16. The number of Topliss-reactive ketones (excluding diaryl/α,β-unsaturated/α-hetero) is 1. The standard InChI is InChI=1S/C17H22OS/c1-11-7-6-8-12(2)15(11)19-16-13(3)9-17(4,5)10-14(16)18/h6-8H,9-10H2,1-5H3. The van der Waals surface area contributed by atoms with Crippen molar-refractivity contribution in [1.29, 1.82) is 0 Å². The molecule has 102 valence electrons. The maximum Gasteiger partial charge on any atom is 0.170 e. The second-order valence-corrected chi connectivity index (χ2v) is 7.39. The van der Waals surface area contributed by atoms with Gasteiger partial charge in [-0.05, 0) is 43.7 Å². The molecule has 0 amide bonds. The third-order valence-corrected chi connectivity index (χ3v) is 5.26. The van der Waals surface area contributed by atoms with E-state index in [0.717, 1.165) is 11.3 Å². The molecule has 1 nitrogen and oxygen atoms in total. The summed E-state index contributed by atoms with van der Waals surface area (Å²) in [5, 5.41) is 0. The van der Waals surface area contributed by atoms with Gasteiger partial charge in [-0.1, -0.05) is 49.4 Å². The van der Waals surface area contributed by atoms with Gasteiger partial charge in [-0.2, -0.15) is 0 Å². The maximum atomic E-state index is 12.4. The molecule has 0 aromatic heterocycles. The molecule has 0 N–H and O–H groups in total. The zero-order valence-corrected chi connectivity index (χ0v) is 13.3. The molecule has 0 saturated carbocycles. The van der Waals surface area contributed by atoms with Crippen LogP contribution in [0.5, 0.6) is 0 Å². The number of benzene rings is 1. The Morgan fingerprint density at radius 2 is 1.63 bits per heavy atom. The lowest BCUT2D eigenvalue weighted by Crippen LogP contribution is -2.24. The summed E-state index contributed by atoms with van der Waals surface area (Å²) in [5.41, 5.74) is 3.87. The molecule has 0 spiro atoms. The first-order valence-corrected chi connectivity index (χ1v) is 7.59. The molecule has 0 unspecified atom stereocenters. The third kappa shape index (κ3) is 3.11. The molecule has 0 saturated heterocycles. The number of allylic oxidation sites excluding steroid dienone is 2. The molecule has 1 aromatic rings. The third-order valence-electron chi connectivity index (χ3n) is 3.64. The minimum atomic E-state index is 0.117. The van der Waals surface area contributed by atoms with E-state index in [0.29, 0.717) is 12.2 Å². The van der Waals surface area contributed by atoms with Gasteiger partial charge in [-0.3, -0.25) is 4.79 Å². The van der Waals surface area contributed by atoms with Crippen molar-refractivity contribution < 1.29 is 4.79 Å². The van der Waals surface area contributed by atoms with Crippen molar-refractivity contribution in [2.45, 2.75) is 52.4 Å². The van der Waals surface area contributed by atoms with Crippen LogP contribution in [0.1, 0.15) is 44.7 Å². The molecule has 0 atom stereocenters. The Kier molecular flexibility index (Phi) is 3.91. The molecule has 1 aromatic carbocycles. The average molecular weight is 274 g/mol. The number of aryl methyl sites for hydroxylation is 2. The van der Waals surface area contributed by atoms with E-state index in [1.165, 1.54) is 21.6 Å². The van der Waals surface area contributed by atoms with Crippen LogP contribution in [0.25, 0.3) is 0 Å². The van der Waals surface area contributed by atoms with Gasteiger partial charge in [0.05, 0.1) is 4.91 Å². The van der Waals surface area contributed by atoms with E-state index < -0.39 is 0 Å². The number of thioether (sulfide) groups is 1. The van der Waals surface area contributed by atoms with Crippen LogP contribution >= 0.6 is 11.8 Å². The summed E-state index contributed by atoms with van der Waals surface area (Å²) in [6, 6.07) is 6.30. The Balaban J connectivity index is 2.36. The van der Waals surface area contributed by atoms with Crippen molar-refractivity contribution in [3.05, 3.63) is 39.8 Å². The van der Waals surface area contributed by atoms with E-state index in [9.17, 15) is 4.79 Å². The summed E-state index contributed by atoms with van der Waals surface area (Å²) in [5.74, 6) is 0.307. The number of rotatable bonds is 2. The van der Waals surface area contributed by atoms with E-state index in [1.807, 2.05) is 0 Å². The van der Waals surface area contributed by atoms with E-state index in [1.54, 1.807) is 11.8 Å². The van der Waals surface area contributed by atoms with Gasteiger partial charge >= 0.3 is 0 Å². The van der Waals surface area contributed by atoms with Crippen LogP contribution in [0.2, 0.25) is 0 Å². The van der Waals surface area contributed by atoms with E-state index >= 15 is 0 Å². The molecular formula is C17H22OS. The minimum absolute atomic E-state index is 0.117. The topological polar surface area (TPSA) is 17.1 Å². The first kappa shape index (κ1) is 14.4. The molecular weight excluding hydrogens is 252 g/mol. The maximum absolute atomic E-state index is 12.4. The monoisotopic (exact) mass is 274 g/mol. The Hall–Kier alpha value is -1.02. The minimum Gasteiger partial charge on any atom is -0.294 e. The molecule has 0 bridgehead atoms. The average Bonchev–Trinajstić information content (AvgIpc) is 2.25. The van der Waals surface area contributed by atoms with Crippen LogP contribution in [0.15, 0.2) is 33.6 Å². The van der Waals surface area contributed by atoms with Gasteiger partial charge in [0.1, 0.15) is 0 Å². The number of hydrogen-bond donors (Lipinski definition) is 0. The lowest BCUT2D eigenvalue weighted by atomic mass is 9.77. The van der Waals surface area contributed by atoms with Crippen LogP contribution < -0.4 is 0 Å². The zero-order valence-electron chi connectivity index (χ0n) is 12.5. The highest BCUT2D eigenvalue weighted by atomic mass is 32.2. The number of carbonyl (C=O) groups excluding carboxylic acids is 1. The van der Waals surface area contributed by atoms with Crippen LogP contribution in [0.4, 0.5) is 0 Å². The lowest BCUT2D eigenvalue weighted by Gasteiger charge is -2.30. The number of ketones is 1. The number of carbonyl (C=O) groups is 1. The summed E-state index contributed by atoms with van der Waals surface area (Å²) in [6.07, 6.45) is 1.68. The Morgan fingerprint density at radius 3 is 2.16 bits per heavy atom. The quantitative estimate of drug-likeness (QED) is 0.750. The Bertz CT molecular complexity index is 532. The van der Waals surface area contributed by atoms with Crippen LogP contribution in [-0.4, -0.2) is 5.78 Å². The van der Waals surface area contributed by atoms with Crippen LogP contribution in [0, 0.1) is 19.3 Å². The van der Waals surface area contributed by atoms with Gasteiger partial charge in [0.2, 0.25) is 0 Å². The highest BCUT2D eigenvalue weighted by Gasteiger charge is 2.31. The fourth-order valence-electron chi connectivity index (χ4n) is 2.82. The molecule has 2 rings (SSSR count). The zero-order chi connectivity index (χ0) is 14.2. The van der Waals surface area contributed by atoms with Crippen molar-refractivity contribution in [3.63, 3.8) is 0 Å². The van der Waals surface area contributed by atoms with Crippen molar-refractivity contribution in [1.82, 2.24) is 0 Å². The van der Waals surface area contributed by atoms with Gasteiger partial charge in [0.25, 0.3) is 0 Å². The van der Waals surface area contributed by atoms with E-state index in [-0.39, 0.29) is 5.41 Å². The van der Waals surface area contributed by atoms with E-state index in [2.05, 4.69) is 52.8 Å². The van der Waals surface area contributed by atoms with Gasteiger partial charge in [-0.15, -0.1) is 0 Å². The fraction of sp³-hybridized carbons (Fsp3) is 0.471.